The van der Waals surface area contributed by atoms with E-state index in [-0.39, 0.29) is 0 Å². The fourth-order valence-corrected chi connectivity index (χ4v) is 2.13. The van der Waals surface area contributed by atoms with Gasteiger partial charge in [0.1, 0.15) is 5.75 Å². The quantitative estimate of drug-likeness (QED) is 0.661. The molecule has 0 aliphatic heterocycles. The van der Waals surface area contributed by atoms with Crippen LogP contribution < -0.4 is 4.74 Å². The van der Waals surface area contributed by atoms with E-state index < -0.39 is 0 Å². The van der Waals surface area contributed by atoms with Gasteiger partial charge in [0.2, 0.25) is 0 Å². The van der Waals surface area contributed by atoms with Crippen molar-refractivity contribution >= 4 is 0 Å². The molecule has 2 nitrogen and oxygen atoms in total. The number of aryl methyl sites for hydroxylation is 2. The first-order valence-corrected chi connectivity index (χ1v) is 7.49. The minimum atomic E-state index is 0.817. The number of hydrogen-bond donors (Lipinski definition) is 0. The van der Waals surface area contributed by atoms with E-state index in [0.29, 0.717) is 0 Å². The number of unbranched alkanes of at least 4 members (excludes halogenated alkanes) is 1. The van der Waals surface area contributed by atoms with Gasteiger partial charge in [0.15, 0.2) is 0 Å². The van der Waals surface area contributed by atoms with Crippen LogP contribution in [0, 0.1) is 0 Å². The molecule has 0 unspecified atom stereocenters. The molecule has 2 rings (SSSR count). The molecule has 20 heavy (non-hydrogen) atoms. The third-order valence-corrected chi connectivity index (χ3v) is 3.37. The van der Waals surface area contributed by atoms with E-state index in [1.807, 2.05) is 12.4 Å². The fourth-order valence-electron chi connectivity index (χ4n) is 2.13. The Morgan fingerprint density at radius 3 is 2.15 bits per heavy atom. The zero-order valence-corrected chi connectivity index (χ0v) is 12.2. The van der Waals surface area contributed by atoms with Crippen LogP contribution in [0.5, 0.6) is 5.75 Å². The highest BCUT2D eigenvalue weighted by molar-refractivity contribution is 5.27. The van der Waals surface area contributed by atoms with Gasteiger partial charge in [-0.2, -0.15) is 0 Å². The van der Waals surface area contributed by atoms with Gasteiger partial charge in [-0.05, 0) is 61.1 Å². The Labute approximate surface area is 121 Å². The van der Waals surface area contributed by atoms with Crippen molar-refractivity contribution in [2.45, 2.75) is 39.0 Å². The summed E-state index contributed by atoms with van der Waals surface area (Å²) in [5, 5.41) is 0. The summed E-state index contributed by atoms with van der Waals surface area (Å²) in [5.74, 6) is 0.983. The lowest BCUT2D eigenvalue weighted by Gasteiger charge is -2.06. The summed E-state index contributed by atoms with van der Waals surface area (Å²) >= 11 is 0. The topological polar surface area (TPSA) is 22.1 Å². The van der Waals surface area contributed by atoms with Crippen molar-refractivity contribution in [2.24, 2.45) is 0 Å². The molecular weight excluding hydrogens is 246 g/mol. The van der Waals surface area contributed by atoms with E-state index in [2.05, 4.69) is 48.3 Å². The Balaban J connectivity index is 1.73. The molecule has 0 spiro atoms. The second-order valence-corrected chi connectivity index (χ2v) is 5.05. The van der Waals surface area contributed by atoms with E-state index in [4.69, 9.17) is 4.74 Å². The molecule has 106 valence electrons. The summed E-state index contributed by atoms with van der Waals surface area (Å²) in [6.07, 6.45) is 9.39. The Bertz CT molecular complexity index is 479. The van der Waals surface area contributed by atoms with Crippen LogP contribution in [0.3, 0.4) is 0 Å². The first-order valence-electron chi connectivity index (χ1n) is 7.49. The number of rotatable bonds is 8. The van der Waals surface area contributed by atoms with Crippen molar-refractivity contribution in [3.05, 3.63) is 59.9 Å². The molecule has 0 amide bonds. The number of hydrogen-bond acceptors (Lipinski definition) is 2. The third kappa shape index (κ3) is 5.04. The van der Waals surface area contributed by atoms with Crippen molar-refractivity contribution in [2.75, 3.05) is 6.61 Å². The lowest BCUT2D eigenvalue weighted by molar-refractivity contribution is 0.309. The van der Waals surface area contributed by atoms with E-state index in [9.17, 15) is 0 Å². The Morgan fingerprint density at radius 1 is 0.850 bits per heavy atom. The molecule has 0 fully saturated rings. The Kier molecular flexibility index (Phi) is 6.09. The zero-order chi connectivity index (χ0) is 14.0. The number of pyridine rings is 1. The number of nitrogens with zero attached hydrogens (tertiary/aromatic N) is 1. The van der Waals surface area contributed by atoms with Crippen LogP contribution in [0.25, 0.3) is 0 Å². The van der Waals surface area contributed by atoms with Crippen molar-refractivity contribution in [3.8, 4) is 5.75 Å². The van der Waals surface area contributed by atoms with E-state index in [1.165, 1.54) is 24.0 Å². The van der Waals surface area contributed by atoms with E-state index in [1.54, 1.807) is 0 Å². The van der Waals surface area contributed by atoms with Gasteiger partial charge in [0.05, 0.1) is 6.61 Å². The SMILES string of the molecule is CCCCOc1ccc(CCCc2ccncc2)cc1. The molecule has 0 bridgehead atoms. The minimum absolute atomic E-state index is 0.817. The van der Waals surface area contributed by atoms with Crippen molar-refractivity contribution in [1.82, 2.24) is 4.98 Å². The summed E-state index contributed by atoms with van der Waals surface area (Å²) in [5.41, 5.74) is 2.74. The molecule has 1 aromatic carbocycles. The molecular formula is C18H23NO. The van der Waals surface area contributed by atoms with Gasteiger partial charge in [-0.25, -0.2) is 0 Å². The largest absolute Gasteiger partial charge is 0.494 e. The molecule has 1 aromatic heterocycles. The summed E-state index contributed by atoms with van der Waals surface area (Å²) in [6, 6.07) is 12.7. The molecule has 2 heteroatoms. The van der Waals surface area contributed by atoms with Crippen LogP contribution in [0.4, 0.5) is 0 Å². The van der Waals surface area contributed by atoms with Gasteiger partial charge >= 0.3 is 0 Å². The van der Waals surface area contributed by atoms with Crippen molar-refractivity contribution < 1.29 is 4.74 Å². The normalized spacial score (nSPS) is 10.4. The smallest absolute Gasteiger partial charge is 0.119 e. The molecule has 0 saturated carbocycles. The molecule has 0 atom stereocenters. The molecule has 0 aliphatic carbocycles. The summed E-state index contributed by atoms with van der Waals surface area (Å²) in [6.45, 7) is 2.99. The van der Waals surface area contributed by atoms with Crippen LogP contribution in [0.2, 0.25) is 0 Å². The molecule has 2 aromatic rings. The Morgan fingerprint density at radius 2 is 1.50 bits per heavy atom. The van der Waals surface area contributed by atoms with Crippen LogP contribution in [0.15, 0.2) is 48.8 Å². The minimum Gasteiger partial charge on any atom is -0.494 e. The predicted molar refractivity (Wildman–Crippen MR) is 83.1 cm³/mol. The van der Waals surface area contributed by atoms with Crippen LogP contribution in [0.1, 0.15) is 37.3 Å². The number of ether oxygens (including phenoxy) is 1. The van der Waals surface area contributed by atoms with Crippen molar-refractivity contribution in [1.29, 1.82) is 0 Å². The second kappa shape index (κ2) is 8.36. The van der Waals surface area contributed by atoms with Crippen LogP contribution in [-0.2, 0) is 12.8 Å². The summed E-state index contributed by atoms with van der Waals surface area (Å²) < 4.78 is 5.67. The molecule has 0 N–H and O–H groups in total. The molecule has 1 heterocycles. The maximum Gasteiger partial charge on any atom is 0.119 e. The first kappa shape index (κ1) is 14.6. The van der Waals surface area contributed by atoms with E-state index in [0.717, 1.165) is 31.6 Å². The van der Waals surface area contributed by atoms with Gasteiger partial charge in [0, 0.05) is 12.4 Å². The average molecular weight is 269 g/mol. The Hall–Kier alpha value is -1.83. The van der Waals surface area contributed by atoms with Crippen molar-refractivity contribution in [3.63, 3.8) is 0 Å². The van der Waals surface area contributed by atoms with Crippen LogP contribution >= 0.6 is 0 Å². The highest BCUT2D eigenvalue weighted by Gasteiger charge is 1.97. The molecule has 0 saturated heterocycles. The molecule has 0 radical (unpaired) electrons. The maximum atomic E-state index is 5.67. The molecule has 0 aliphatic rings. The first-order chi connectivity index (χ1) is 9.88. The van der Waals surface area contributed by atoms with Gasteiger partial charge in [-0.15, -0.1) is 0 Å². The summed E-state index contributed by atoms with van der Waals surface area (Å²) in [7, 11) is 0. The average Bonchev–Trinajstić information content (AvgIpc) is 2.50. The predicted octanol–water partition coefficient (Wildman–Crippen LogP) is 4.44. The lowest BCUT2D eigenvalue weighted by atomic mass is 10.0. The fraction of sp³-hybridized carbons (Fsp3) is 0.389. The lowest BCUT2D eigenvalue weighted by Crippen LogP contribution is -1.96. The van der Waals surface area contributed by atoms with Gasteiger partial charge < -0.3 is 4.74 Å². The van der Waals surface area contributed by atoms with E-state index >= 15 is 0 Å². The van der Waals surface area contributed by atoms with Gasteiger partial charge in [-0.3, -0.25) is 4.98 Å². The van der Waals surface area contributed by atoms with Crippen LogP contribution in [-0.4, -0.2) is 11.6 Å². The summed E-state index contributed by atoms with van der Waals surface area (Å²) in [4.78, 5) is 4.04. The zero-order valence-electron chi connectivity index (χ0n) is 12.2. The highest BCUT2D eigenvalue weighted by Crippen LogP contribution is 2.14. The monoisotopic (exact) mass is 269 g/mol. The second-order valence-electron chi connectivity index (χ2n) is 5.05. The number of aromatic nitrogens is 1. The van der Waals surface area contributed by atoms with Gasteiger partial charge in [0.25, 0.3) is 0 Å². The standard InChI is InChI=1S/C18H23NO/c1-2-3-15-20-18-9-7-16(8-10-18)5-4-6-17-11-13-19-14-12-17/h7-14H,2-6,15H2,1H3. The third-order valence-electron chi connectivity index (χ3n) is 3.37. The number of benzene rings is 1. The van der Waals surface area contributed by atoms with Gasteiger partial charge in [-0.1, -0.05) is 25.5 Å². The highest BCUT2D eigenvalue weighted by atomic mass is 16.5. The maximum absolute atomic E-state index is 5.67.